The van der Waals surface area contributed by atoms with E-state index in [1.165, 1.54) is 26.0 Å². The number of nitrogens with two attached hydrogens (primary N) is 1. The second-order valence-electron chi connectivity index (χ2n) is 4.96. The van der Waals surface area contributed by atoms with E-state index >= 15 is 0 Å². The van der Waals surface area contributed by atoms with E-state index in [9.17, 15) is 4.39 Å². The quantitative estimate of drug-likeness (QED) is 0.806. The molecule has 1 aromatic carbocycles. The van der Waals surface area contributed by atoms with E-state index in [0.717, 1.165) is 12.0 Å². The van der Waals surface area contributed by atoms with Gasteiger partial charge in [0.05, 0.1) is 7.11 Å². The molecule has 3 heteroatoms. The standard InChI is InChI=1S/C15H24FNO/c1-4-5-6-11(2)14(17)10-12-7-8-15(18-3)13(16)9-12/h7-9,11,14H,4-6,10,17H2,1-3H3. The molecule has 2 unspecified atom stereocenters. The summed E-state index contributed by atoms with van der Waals surface area (Å²) in [5, 5.41) is 0. The number of methoxy groups -OCH3 is 1. The summed E-state index contributed by atoms with van der Waals surface area (Å²) in [6, 6.07) is 5.15. The van der Waals surface area contributed by atoms with Crippen molar-refractivity contribution < 1.29 is 9.13 Å². The third-order valence-corrected chi connectivity index (χ3v) is 3.43. The third kappa shape index (κ3) is 4.30. The maximum Gasteiger partial charge on any atom is 0.165 e. The van der Waals surface area contributed by atoms with E-state index in [0.29, 0.717) is 12.3 Å². The third-order valence-electron chi connectivity index (χ3n) is 3.43. The summed E-state index contributed by atoms with van der Waals surface area (Å²) in [6.45, 7) is 4.34. The van der Waals surface area contributed by atoms with Crippen LogP contribution in [-0.2, 0) is 6.42 Å². The molecule has 18 heavy (non-hydrogen) atoms. The first-order valence-corrected chi connectivity index (χ1v) is 6.66. The van der Waals surface area contributed by atoms with Crippen molar-refractivity contribution in [3.63, 3.8) is 0 Å². The Morgan fingerprint density at radius 2 is 2.11 bits per heavy atom. The Labute approximate surface area is 109 Å². The normalized spacial score (nSPS) is 14.3. The molecule has 1 rings (SSSR count). The number of hydrogen-bond acceptors (Lipinski definition) is 2. The highest BCUT2D eigenvalue weighted by atomic mass is 19.1. The Hall–Kier alpha value is -1.09. The van der Waals surface area contributed by atoms with Crippen LogP contribution in [-0.4, -0.2) is 13.2 Å². The molecule has 0 aliphatic carbocycles. The molecule has 0 aromatic heterocycles. The zero-order chi connectivity index (χ0) is 13.5. The van der Waals surface area contributed by atoms with Crippen molar-refractivity contribution in [2.45, 2.75) is 45.6 Å². The summed E-state index contributed by atoms with van der Waals surface area (Å²) in [4.78, 5) is 0. The lowest BCUT2D eigenvalue weighted by Crippen LogP contribution is -2.30. The van der Waals surface area contributed by atoms with Gasteiger partial charge >= 0.3 is 0 Å². The number of halogens is 1. The van der Waals surface area contributed by atoms with Gasteiger partial charge in [-0.15, -0.1) is 0 Å². The van der Waals surface area contributed by atoms with Crippen LogP contribution in [0.1, 0.15) is 38.7 Å². The van der Waals surface area contributed by atoms with Crippen LogP contribution in [0.15, 0.2) is 18.2 Å². The molecule has 0 spiro atoms. The molecule has 2 N–H and O–H groups in total. The van der Waals surface area contributed by atoms with Gasteiger partial charge in [0.1, 0.15) is 0 Å². The Balaban J connectivity index is 2.58. The molecule has 1 aromatic rings. The van der Waals surface area contributed by atoms with Crippen molar-refractivity contribution in [2.75, 3.05) is 7.11 Å². The lowest BCUT2D eigenvalue weighted by Gasteiger charge is -2.20. The van der Waals surface area contributed by atoms with Crippen LogP contribution in [0.3, 0.4) is 0 Å². The summed E-state index contributed by atoms with van der Waals surface area (Å²) in [5.74, 6) is 0.435. The maximum atomic E-state index is 13.5. The number of benzene rings is 1. The van der Waals surface area contributed by atoms with Crippen molar-refractivity contribution in [2.24, 2.45) is 11.7 Å². The fourth-order valence-electron chi connectivity index (χ4n) is 2.05. The van der Waals surface area contributed by atoms with E-state index in [4.69, 9.17) is 10.5 Å². The van der Waals surface area contributed by atoms with Gasteiger partial charge in [0.15, 0.2) is 11.6 Å². The van der Waals surface area contributed by atoms with Gasteiger partial charge in [-0.3, -0.25) is 0 Å². The molecule has 0 bridgehead atoms. The van der Waals surface area contributed by atoms with Crippen molar-refractivity contribution in [1.29, 1.82) is 0 Å². The molecule has 0 saturated carbocycles. The summed E-state index contributed by atoms with van der Waals surface area (Å²) >= 11 is 0. The largest absolute Gasteiger partial charge is 0.494 e. The van der Waals surface area contributed by atoms with Crippen LogP contribution in [0.25, 0.3) is 0 Å². The van der Waals surface area contributed by atoms with Crippen LogP contribution in [0.5, 0.6) is 5.75 Å². The molecule has 0 amide bonds. The first kappa shape index (κ1) is 15.0. The zero-order valence-electron chi connectivity index (χ0n) is 11.6. The van der Waals surface area contributed by atoms with Gasteiger partial charge in [-0.05, 0) is 36.5 Å². The van der Waals surface area contributed by atoms with Crippen LogP contribution < -0.4 is 10.5 Å². The Bertz CT molecular complexity index is 368. The van der Waals surface area contributed by atoms with E-state index in [1.54, 1.807) is 6.07 Å². The van der Waals surface area contributed by atoms with Crippen LogP contribution in [0.2, 0.25) is 0 Å². The topological polar surface area (TPSA) is 35.2 Å². The predicted octanol–water partition coefficient (Wildman–Crippen LogP) is 3.53. The molecule has 0 radical (unpaired) electrons. The van der Waals surface area contributed by atoms with Gasteiger partial charge < -0.3 is 10.5 Å². The average molecular weight is 253 g/mol. The summed E-state index contributed by atoms with van der Waals surface area (Å²) in [7, 11) is 1.47. The Morgan fingerprint density at radius 3 is 2.67 bits per heavy atom. The van der Waals surface area contributed by atoms with Gasteiger partial charge in [0, 0.05) is 6.04 Å². The first-order chi connectivity index (χ1) is 8.58. The average Bonchev–Trinajstić information content (AvgIpc) is 2.36. The maximum absolute atomic E-state index is 13.5. The van der Waals surface area contributed by atoms with Crippen LogP contribution >= 0.6 is 0 Å². The second kappa shape index (κ2) is 7.37. The highest BCUT2D eigenvalue weighted by Crippen LogP contribution is 2.20. The molecule has 102 valence electrons. The van der Waals surface area contributed by atoms with Crippen molar-refractivity contribution in [1.82, 2.24) is 0 Å². The minimum Gasteiger partial charge on any atom is -0.494 e. The van der Waals surface area contributed by atoms with E-state index in [2.05, 4.69) is 13.8 Å². The molecular formula is C15H24FNO. The lowest BCUT2D eigenvalue weighted by atomic mass is 9.91. The molecule has 2 nitrogen and oxygen atoms in total. The molecule has 0 aliphatic heterocycles. The highest BCUT2D eigenvalue weighted by Gasteiger charge is 2.14. The summed E-state index contributed by atoms with van der Waals surface area (Å²) < 4.78 is 18.4. The smallest absolute Gasteiger partial charge is 0.165 e. The fraction of sp³-hybridized carbons (Fsp3) is 0.600. The van der Waals surface area contributed by atoms with Crippen molar-refractivity contribution in [3.05, 3.63) is 29.6 Å². The zero-order valence-corrected chi connectivity index (χ0v) is 11.6. The lowest BCUT2D eigenvalue weighted by molar-refractivity contribution is 0.384. The molecule has 0 aliphatic rings. The van der Waals surface area contributed by atoms with E-state index < -0.39 is 0 Å². The van der Waals surface area contributed by atoms with E-state index in [-0.39, 0.29) is 17.6 Å². The highest BCUT2D eigenvalue weighted by molar-refractivity contribution is 5.29. The van der Waals surface area contributed by atoms with Crippen molar-refractivity contribution in [3.8, 4) is 5.75 Å². The monoisotopic (exact) mass is 253 g/mol. The van der Waals surface area contributed by atoms with Gasteiger partial charge in [0.2, 0.25) is 0 Å². The minimum absolute atomic E-state index is 0.0874. The number of hydrogen-bond donors (Lipinski definition) is 1. The van der Waals surface area contributed by atoms with Gasteiger partial charge in [-0.2, -0.15) is 0 Å². The Kier molecular flexibility index (Phi) is 6.13. The SMILES string of the molecule is CCCCC(C)C(N)Cc1ccc(OC)c(F)c1. The molecular weight excluding hydrogens is 229 g/mol. The van der Waals surface area contributed by atoms with Crippen LogP contribution in [0.4, 0.5) is 4.39 Å². The Morgan fingerprint density at radius 1 is 1.39 bits per heavy atom. The number of ether oxygens (including phenoxy) is 1. The van der Waals surface area contributed by atoms with Gasteiger partial charge in [-0.1, -0.05) is 32.8 Å². The van der Waals surface area contributed by atoms with E-state index in [1.807, 2.05) is 6.07 Å². The van der Waals surface area contributed by atoms with Gasteiger partial charge in [0.25, 0.3) is 0 Å². The molecule has 0 saturated heterocycles. The summed E-state index contributed by atoms with van der Waals surface area (Å²) in [6.07, 6.45) is 4.24. The first-order valence-electron chi connectivity index (χ1n) is 6.66. The van der Waals surface area contributed by atoms with Crippen LogP contribution in [0, 0.1) is 11.7 Å². The molecule has 2 atom stereocenters. The molecule has 0 heterocycles. The summed E-state index contributed by atoms with van der Waals surface area (Å²) in [5.41, 5.74) is 7.09. The number of unbranched alkanes of at least 4 members (excludes halogenated alkanes) is 1. The second-order valence-corrected chi connectivity index (χ2v) is 4.96. The van der Waals surface area contributed by atoms with Crippen molar-refractivity contribution >= 4 is 0 Å². The minimum atomic E-state index is -0.316. The number of rotatable bonds is 7. The fourth-order valence-corrected chi connectivity index (χ4v) is 2.05. The molecule has 0 fully saturated rings. The predicted molar refractivity (Wildman–Crippen MR) is 73.3 cm³/mol. The van der Waals surface area contributed by atoms with Gasteiger partial charge in [-0.25, -0.2) is 4.39 Å².